The molecule has 0 nitrogen and oxygen atoms in total. The Labute approximate surface area is 99.3 Å². The molecular weight excluding hydrogens is 404 g/mol. The molecule has 0 aliphatic rings. The molecule has 0 bridgehead atoms. The molecule has 1 aromatic rings. The first kappa shape index (κ1) is 10.2. The average molecular weight is 408 g/mol. The Morgan fingerprint density at radius 1 is 0.909 bits per heavy atom. The minimum atomic E-state index is 1.06. The standard InChI is InChI=1S/C7H4Br4/c1-3-6(10)4(8)2-5(9)7(3)11/h2H,1H3. The molecule has 0 unspecified atom stereocenters. The first-order chi connectivity index (χ1) is 5.04. The fourth-order valence-corrected chi connectivity index (χ4v) is 2.94. The fourth-order valence-electron chi connectivity index (χ4n) is 0.693. The lowest BCUT2D eigenvalue weighted by Crippen LogP contribution is -1.81. The van der Waals surface area contributed by atoms with E-state index in [-0.39, 0.29) is 0 Å². The second kappa shape index (κ2) is 3.90. The predicted molar refractivity (Wildman–Crippen MR) is 62.0 cm³/mol. The minimum absolute atomic E-state index is 1.06. The topological polar surface area (TPSA) is 0 Å². The molecule has 0 atom stereocenters. The monoisotopic (exact) mass is 404 g/mol. The van der Waals surface area contributed by atoms with Crippen LogP contribution in [0.25, 0.3) is 0 Å². The van der Waals surface area contributed by atoms with Crippen molar-refractivity contribution in [2.45, 2.75) is 6.92 Å². The summed E-state index contributed by atoms with van der Waals surface area (Å²) in [6.45, 7) is 2.05. The number of benzene rings is 1. The molecule has 0 saturated carbocycles. The zero-order valence-corrected chi connectivity index (χ0v) is 11.9. The van der Waals surface area contributed by atoms with Gasteiger partial charge in [0.2, 0.25) is 0 Å². The zero-order chi connectivity index (χ0) is 8.59. The zero-order valence-electron chi connectivity index (χ0n) is 5.59. The maximum Gasteiger partial charge on any atom is 0.0358 e. The van der Waals surface area contributed by atoms with E-state index in [0.29, 0.717) is 0 Å². The van der Waals surface area contributed by atoms with Crippen LogP contribution in [-0.4, -0.2) is 0 Å². The highest BCUT2D eigenvalue weighted by molar-refractivity contribution is 9.14. The summed E-state index contributed by atoms with van der Waals surface area (Å²) in [5.41, 5.74) is 1.19. The average Bonchev–Trinajstić information content (AvgIpc) is 1.97. The molecule has 0 spiro atoms. The van der Waals surface area contributed by atoms with Gasteiger partial charge >= 0.3 is 0 Å². The van der Waals surface area contributed by atoms with Crippen molar-refractivity contribution < 1.29 is 0 Å². The summed E-state index contributed by atoms with van der Waals surface area (Å²) < 4.78 is 4.30. The molecule has 0 aliphatic carbocycles. The molecular formula is C7H4Br4. The van der Waals surface area contributed by atoms with Crippen LogP contribution in [0.2, 0.25) is 0 Å². The van der Waals surface area contributed by atoms with Gasteiger partial charge in [-0.2, -0.15) is 0 Å². The van der Waals surface area contributed by atoms with Gasteiger partial charge in [-0.3, -0.25) is 0 Å². The van der Waals surface area contributed by atoms with Gasteiger partial charge in [0.15, 0.2) is 0 Å². The van der Waals surface area contributed by atoms with Gasteiger partial charge in [0.1, 0.15) is 0 Å². The Hall–Kier alpha value is 1.14. The van der Waals surface area contributed by atoms with Gasteiger partial charge in [0, 0.05) is 17.9 Å². The van der Waals surface area contributed by atoms with Gasteiger partial charge in [-0.25, -0.2) is 0 Å². The van der Waals surface area contributed by atoms with Crippen LogP contribution in [0.3, 0.4) is 0 Å². The molecule has 0 amide bonds. The van der Waals surface area contributed by atoms with Crippen LogP contribution in [0.15, 0.2) is 24.0 Å². The smallest absolute Gasteiger partial charge is 0.0358 e. The maximum absolute atomic E-state index is 3.47. The van der Waals surface area contributed by atoms with Crippen molar-refractivity contribution in [3.8, 4) is 0 Å². The van der Waals surface area contributed by atoms with Crippen molar-refractivity contribution in [3.05, 3.63) is 29.5 Å². The molecule has 11 heavy (non-hydrogen) atoms. The molecule has 0 fully saturated rings. The largest absolute Gasteiger partial charge is 0.0496 e. The number of hydrogen-bond donors (Lipinski definition) is 0. The summed E-state index contributed by atoms with van der Waals surface area (Å²) in [6.07, 6.45) is 0. The van der Waals surface area contributed by atoms with Gasteiger partial charge < -0.3 is 0 Å². The molecule has 0 saturated heterocycles. The Balaban J connectivity index is 3.46. The van der Waals surface area contributed by atoms with Crippen molar-refractivity contribution in [2.24, 2.45) is 0 Å². The third-order valence-corrected chi connectivity index (χ3v) is 5.69. The second-order valence-electron chi connectivity index (χ2n) is 2.09. The van der Waals surface area contributed by atoms with Crippen LogP contribution in [0.5, 0.6) is 0 Å². The van der Waals surface area contributed by atoms with E-state index < -0.39 is 0 Å². The van der Waals surface area contributed by atoms with E-state index in [1.54, 1.807) is 0 Å². The molecule has 1 aromatic carbocycles. The van der Waals surface area contributed by atoms with Crippen molar-refractivity contribution in [2.75, 3.05) is 0 Å². The van der Waals surface area contributed by atoms with E-state index in [4.69, 9.17) is 0 Å². The Bertz CT molecular complexity index is 267. The van der Waals surface area contributed by atoms with Crippen LogP contribution in [0.1, 0.15) is 5.56 Å². The highest BCUT2D eigenvalue weighted by atomic mass is 79.9. The first-order valence-corrected chi connectivity index (χ1v) is 6.01. The summed E-state index contributed by atoms with van der Waals surface area (Å²) in [5, 5.41) is 0. The van der Waals surface area contributed by atoms with E-state index in [1.165, 1.54) is 5.56 Å². The third-order valence-electron chi connectivity index (χ3n) is 1.33. The van der Waals surface area contributed by atoms with Crippen LogP contribution < -0.4 is 0 Å². The Kier molecular flexibility index (Phi) is 3.62. The minimum Gasteiger partial charge on any atom is -0.0496 e. The van der Waals surface area contributed by atoms with Crippen molar-refractivity contribution in [3.63, 3.8) is 0 Å². The van der Waals surface area contributed by atoms with Crippen molar-refractivity contribution in [1.29, 1.82) is 0 Å². The van der Waals surface area contributed by atoms with Gasteiger partial charge in [-0.05, 0) is 82.3 Å². The summed E-state index contributed by atoms with van der Waals surface area (Å²) >= 11 is 13.8. The lowest BCUT2D eigenvalue weighted by molar-refractivity contribution is 1.35. The van der Waals surface area contributed by atoms with Crippen LogP contribution >= 0.6 is 63.7 Å². The molecule has 0 heterocycles. The molecule has 0 aliphatic heterocycles. The molecule has 0 N–H and O–H groups in total. The van der Waals surface area contributed by atoms with E-state index in [1.807, 2.05) is 13.0 Å². The maximum atomic E-state index is 3.47. The SMILES string of the molecule is Cc1c(Br)c(Br)cc(Br)c1Br. The van der Waals surface area contributed by atoms with E-state index in [0.717, 1.165) is 17.9 Å². The Morgan fingerprint density at radius 2 is 1.27 bits per heavy atom. The molecule has 0 aromatic heterocycles. The third kappa shape index (κ3) is 2.08. The molecule has 1 rings (SSSR count). The highest BCUT2D eigenvalue weighted by Gasteiger charge is 2.07. The number of hydrogen-bond acceptors (Lipinski definition) is 0. The lowest BCUT2D eigenvalue weighted by Gasteiger charge is -2.05. The van der Waals surface area contributed by atoms with E-state index in [9.17, 15) is 0 Å². The van der Waals surface area contributed by atoms with E-state index >= 15 is 0 Å². The van der Waals surface area contributed by atoms with Crippen LogP contribution in [-0.2, 0) is 0 Å². The fraction of sp³-hybridized carbons (Fsp3) is 0.143. The normalized spacial score (nSPS) is 10.3. The predicted octanol–water partition coefficient (Wildman–Crippen LogP) is 5.05. The molecule has 4 heteroatoms. The second-order valence-corrected chi connectivity index (χ2v) is 5.39. The van der Waals surface area contributed by atoms with Gasteiger partial charge in [-0.1, -0.05) is 0 Å². The molecule has 0 radical (unpaired) electrons. The first-order valence-electron chi connectivity index (χ1n) is 2.83. The van der Waals surface area contributed by atoms with Gasteiger partial charge in [0.05, 0.1) is 0 Å². The quantitative estimate of drug-likeness (QED) is 0.528. The van der Waals surface area contributed by atoms with Gasteiger partial charge in [0.25, 0.3) is 0 Å². The summed E-state index contributed by atoms with van der Waals surface area (Å²) in [6, 6.07) is 2.00. The number of halogens is 4. The van der Waals surface area contributed by atoms with Crippen LogP contribution in [0, 0.1) is 6.92 Å². The highest BCUT2D eigenvalue weighted by Crippen LogP contribution is 2.36. The van der Waals surface area contributed by atoms with Crippen molar-refractivity contribution in [1.82, 2.24) is 0 Å². The van der Waals surface area contributed by atoms with Crippen molar-refractivity contribution >= 4 is 63.7 Å². The summed E-state index contributed by atoms with van der Waals surface area (Å²) in [7, 11) is 0. The van der Waals surface area contributed by atoms with Crippen LogP contribution in [0.4, 0.5) is 0 Å². The van der Waals surface area contributed by atoms with E-state index in [2.05, 4.69) is 63.7 Å². The number of rotatable bonds is 0. The summed E-state index contributed by atoms with van der Waals surface area (Å²) in [5.74, 6) is 0. The lowest BCUT2D eigenvalue weighted by atomic mass is 10.2. The summed E-state index contributed by atoms with van der Waals surface area (Å²) in [4.78, 5) is 0. The van der Waals surface area contributed by atoms with Gasteiger partial charge in [-0.15, -0.1) is 0 Å². The molecule has 60 valence electrons. The Morgan fingerprint density at radius 3 is 1.64 bits per heavy atom.